The molecule has 0 fully saturated rings. The van der Waals surface area contributed by atoms with Crippen molar-refractivity contribution in [3.05, 3.63) is 95.6 Å². The van der Waals surface area contributed by atoms with Crippen LogP contribution in [0.15, 0.2) is 73.3 Å². The monoisotopic (exact) mass is 342 g/mol. The van der Waals surface area contributed by atoms with Crippen LogP contribution in [-0.2, 0) is 13.1 Å². The fraction of sp³-hybridized carbons (Fsp3) is 0.182. The summed E-state index contributed by atoms with van der Waals surface area (Å²) < 4.78 is 3.95. The van der Waals surface area contributed by atoms with Gasteiger partial charge in [0, 0.05) is 23.5 Å². The van der Waals surface area contributed by atoms with Crippen LogP contribution in [-0.4, -0.2) is 19.6 Å². The van der Waals surface area contributed by atoms with Gasteiger partial charge < -0.3 is 0 Å². The van der Waals surface area contributed by atoms with Gasteiger partial charge in [-0.15, -0.1) is 0 Å². The minimum atomic E-state index is 0.777. The fourth-order valence-electron chi connectivity index (χ4n) is 3.19. The Morgan fingerprint density at radius 3 is 1.58 bits per heavy atom. The quantitative estimate of drug-likeness (QED) is 0.537. The molecule has 26 heavy (non-hydrogen) atoms. The van der Waals surface area contributed by atoms with E-state index in [2.05, 4.69) is 85.0 Å². The van der Waals surface area contributed by atoms with Crippen molar-refractivity contribution in [1.82, 2.24) is 19.6 Å². The molecule has 0 saturated carbocycles. The molecule has 0 aliphatic rings. The molecule has 2 aromatic carbocycles. The first-order valence-corrected chi connectivity index (χ1v) is 8.82. The molecule has 0 N–H and O–H groups in total. The first kappa shape index (κ1) is 16.3. The highest BCUT2D eigenvalue weighted by Crippen LogP contribution is 2.19. The summed E-state index contributed by atoms with van der Waals surface area (Å²) in [4.78, 5) is 0. The van der Waals surface area contributed by atoms with Crippen LogP contribution in [0.5, 0.6) is 0 Å². The predicted molar refractivity (Wildman–Crippen MR) is 104 cm³/mol. The lowest BCUT2D eigenvalue weighted by molar-refractivity contribution is 0.686. The van der Waals surface area contributed by atoms with Gasteiger partial charge in [-0.2, -0.15) is 10.2 Å². The van der Waals surface area contributed by atoms with E-state index < -0.39 is 0 Å². The minimum Gasteiger partial charge on any atom is -0.268 e. The van der Waals surface area contributed by atoms with Crippen LogP contribution in [0, 0.1) is 13.8 Å². The van der Waals surface area contributed by atoms with E-state index in [-0.39, 0.29) is 0 Å². The van der Waals surface area contributed by atoms with Crippen LogP contribution in [0.2, 0.25) is 0 Å². The Labute approximate surface area is 153 Å². The summed E-state index contributed by atoms with van der Waals surface area (Å²) in [5, 5.41) is 9.00. The molecule has 0 amide bonds. The molecule has 0 aliphatic carbocycles. The third-order valence-corrected chi connectivity index (χ3v) is 4.45. The van der Waals surface area contributed by atoms with Crippen LogP contribution >= 0.6 is 0 Å². The maximum atomic E-state index is 4.50. The van der Waals surface area contributed by atoms with Crippen LogP contribution in [0.3, 0.4) is 0 Å². The molecule has 2 heterocycles. The number of nitrogens with zero attached hydrogens (tertiary/aromatic N) is 4. The van der Waals surface area contributed by atoms with Gasteiger partial charge in [-0.3, -0.25) is 9.36 Å². The Bertz CT molecular complexity index is 942. The first-order valence-electron chi connectivity index (χ1n) is 8.82. The molecule has 4 rings (SSSR count). The van der Waals surface area contributed by atoms with Crippen molar-refractivity contribution in [3.8, 4) is 11.1 Å². The lowest BCUT2D eigenvalue weighted by Crippen LogP contribution is -2.00. The third-order valence-electron chi connectivity index (χ3n) is 4.45. The van der Waals surface area contributed by atoms with Crippen LogP contribution in [0.4, 0.5) is 0 Å². The summed E-state index contributed by atoms with van der Waals surface area (Å²) in [5.41, 5.74) is 7.24. The average molecular weight is 342 g/mol. The molecule has 4 nitrogen and oxygen atoms in total. The smallest absolute Gasteiger partial charge is 0.0659 e. The van der Waals surface area contributed by atoms with Crippen molar-refractivity contribution in [2.45, 2.75) is 26.9 Å². The van der Waals surface area contributed by atoms with E-state index in [0.717, 1.165) is 24.2 Å². The number of hydrogen-bond acceptors (Lipinski definition) is 2. The number of aryl methyl sites for hydroxylation is 2. The summed E-state index contributed by atoms with van der Waals surface area (Å²) >= 11 is 0. The van der Waals surface area contributed by atoms with E-state index >= 15 is 0 Å². The molecule has 0 bridgehead atoms. The lowest BCUT2D eigenvalue weighted by Gasteiger charge is -2.03. The molecule has 4 aromatic rings. The lowest BCUT2D eigenvalue weighted by atomic mass is 10.1. The maximum Gasteiger partial charge on any atom is 0.0659 e. The van der Waals surface area contributed by atoms with Crippen LogP contribution in [0.1, 0.15) is 22.3 Å². The van der Waals surface area contributed by atoms with Crippen molar-refractivity contribution in [2.75, 3.05) is 0 Å². The number of benzene rings is 2. The third kappa shape index (κ3) is 3.75. The molecule has 0 radical (unpaired) electrons. The van der Waals surface area contributed by atoms with Gasteiger partial charge in [-0.05, 0) is 25.0 Å². The molecule has 4 heteroatoms. The van der Waals surface area contributed by atoms with Gasteiger partial charge in [-0.1, -0.05) is 59.7 Å². The summed E-state index contributed by atoms with van der Waals surface area (Å²) in [7, 11) is 0. The highest BCUT2D eigenvalue weighted by Gasteiger charge is 2.06. The van der Waals surface area contributed by atoms with E-state index in [1.165, 1.54) is 22.3 Å². The zero-order chi connectivity index (χ0) is 17.9. The standard InChI is InChI=1S/C22H22N4/c1-17-5-3-7-19(9-17)13-25-15-21(11-23-25)22-12-24-26(16-22)14-20-8-4-6-18(2)10-20/h3-12,15-16H,13-14H2,1-2H3. The summed E-state index contributed by atoms with van der Waals surface area (Å²) in [5.74, 6) is 0. The Balaban J connectivity index is 1.48. The molecule has 0 atom stereocenters. The Morgan fingerprint density at radius 1 is 0.692 bits per heavy atom. The van der Waals surface area contributed by atoms with E-state index in [1.807, 2.05) is 21.8 Å². The molecule has 0 saturated heterocycles. The van der Waals surface area contributed by atoms with Crippen LogP contribution in [0.25, 0.3) is 11.1 Å². The summed E-state index contributed by atoms with van der Waals surface area (Å²) in [6.45, 7) is 5.78. The number of hydrogen-bond donors (Lipinski definition) is 0. The van der Waals surface area contributed by atoms with E-state index in [9.17, 15) is 0 Å². The number of rotatable bonds is 5. The zero-order valence-corrected chi connectivity index (χ0v) is 15.1. The van der Waals surface area contributed by atoms with E-state index in [1.54, 1.807) is 0 Å². The fourth-order valence-corrected chi connectivity index (χ4v) is 3.19. The molecular formula is C22H22N4. The average Bonchev–Trinajstić information content (AvgIpc) is 3.24. The van der Waals surface area contributed by atoms with Crippen LogP contribution < -0.4 is 0 Å². The highest BCUT2D eigenvalue weighted by atomic mass is 15.3. The zero-order valence-electron chi connectivity index (χ0n) is 15.1. The minimum absolute atomic E-state index is 0.777. The second-order valence-corrected chi connectivity index (χ2v) is 6.83. The SMILES string of the molecule is Cc1cccc(Cn2cc(-c3cnn(Cc4cccc(C)c4)c3)cn2)c1. The number of aromatic nitrogens is 4. The molecule has 0 unspecified atom stereocenters. The van der Waals surface area contributed by atoms with Gasteiger partial charge in [0.2, 0.25) is 0 Å². The molecular weight excluding hydrogens is 320 g/mol. The molecule has 130 valence electrons. The molecule has 2 aromatic heterocycles. The summed E-state index contributed by atoms with van der Waals surface area (Å²) in [6, 6.07) is 17.1. The largest absolute Gasteiger partial charge is 0.268 e. The van der Waals surface area contributed by atoms with Gasteiger partial charge in [0.15, 0.2) is 0 Å². The van der Waals surface area contributed by atoms with Gasteiger partial charge >= 0.3 is 0 Å². The van der Waals surface area contributed by atoms with Crippen molar-refractivity contribution in [3.63, 3.8) is 0 Å². The normalized spacial score (nSPS) is 11.0. The van der Waals surface area contributed by atoms with Gasteiger partial charge in [-0.25, -0.2) is 0 Å². The van der Waals surface area contributed by atoms with Crippen molar-refractivity contribution < 1.29 is 0 Å². The highest BCUT2D eigenvalue weighted by molar-refractivity contribution is 5.59. The second-order valence-electron chi connectivity index (χ2n) is 6.83. The van der Waals surface area contributed by atoms with Gasteiger partial charge in [0.05, 0.1) is 25.5 Å². The predicted octanol–water partition coefficient (Wildman–Crippen LogP) is 4.46. The molecule has 0 spiro atoms. The second kappa shape index (κ2) is 7.00. The van der Waals surface area contributed by atoms with Crippen molar-refractivity contribution in [1.29, 1.82) is 0 Å². The Morgan fingerprint density at radius 2 is 1.15 bits per heavy atom. The topological polar surface area (TPSA) is 35.6 Å². The summed E-state index contributed by atoms with van der Waals surface area (Å²) in [6.07, 6.45) is 7.97. The first-order chi connectivity index (χ1) is 12.7. The Kier molecular flexibility index (Phi) is 4.40. The Hall–Kier alpha value is -3.14. The maximum absolute atomic E-state index is 4.50. The van der Waals surface area contributed by atoms with Crippen molar-refractivity contribution >= 4 is 0 Å². The van der Waals surface area contributed by atoms with E-state index in [0.29, 0.717) is 0 Å². The van der Waals surface area contributed by atoms with E-state index in [4.69, 9.17) is 0 Å². The van der Waals surface area contributed by atoms with Gasteiger partial charge in [0.1, 0.15) is 0 Å². The van der Waals surface area contributed by atoms with Gasteiger partial charge in [0.25, 0.3) is 0 Å². The molecule has 0 aliphatic heterocycles. The van der Waals surface area contributed by atoms with Crippen molar-refractivity contribution in [2.24, 2.45) is 0 Å².